The number of aliphatic imine (C=N–C) groups is 1. The maximum Gasteiger partial charge on any atom is 0.193 e. The molecule has 0 aliphatic rings. The first kappa shape index (κ1) is 14.8. The Morgan fingerprint density at radius 2 is 1.91 bits per heavy atom. The minimum Gasteiger partial charge on any atom is -0.497 e. The van der Waals surface area contributed by atoms with E-state index in [9.17, 15) is 0 Å². The van der Waals surface area contributed by atoms with Crippen LogP contribution in [0.2, 0.25) is 0 Å². The molecule has 23 heavy (non-hydrogen) atoms. The van der Waals surface area contributed by atoms with Gasteiger partial charge in [-0.15, -0.1) is 0 Å². The molecule has 5 nitrogen and oxygen atoms in total. The summed E-state index contributed by atoms with van der Waals surface area (Å²) < 4.78 is 5.12. The zero-order valence-corrected chi connectivity index (χ0v) is 12.9. The van der Waals surface area contributed by atoms with Crippen molar-refractivity contribution in [2.45, 2.75) is 6.54 Å². The molecule has 3 N–H and O–H groups in total. The maximum absolute atomic E-state index is 5.96. The van der Waals surface area contributed by atoms with E-state index in [1.54, 1.807) is 13.3 Å². The van der Waals surface area contributed by atoms with Gasteiger partial charge in [-0.1, -0.05) is 24.3 Å². The summed E-state index contributed by atoms with van der Waals surface area (Å²) in [6, 6.07) is 17.5. The molecule has 0 radical (unpaired) electrons. The zero-order valence-electron chi connectivity index (χ0n) is 12.9. The Morgan fingerprint density at radius 1 is 1.13 bits per heavy atom. The number of hydrogen-bond acceptors (Lipinski definition) is 3. The van der Waals surface area contributed by atoms with Crippen molar-refractivity contribution in [3.8, 4) is 5.75 Å². The molecule has 3 rings (SSSR count). The molecule has 116 valence electrons. The van der Waals surface area contributed by atoms with Crippen LogP contribution < -0.4 is 15.8 Å². The van der Waals surface area contributed by atoms with Crippen LogP contribution in [0.1, 0.15) is 5.56 Å². The first-order chi connectivity index (χ1) is 11.3. The Labute approximate surface area is 134 Å². The Hall–Kier alpha value is -3.08. The molecule has 0 bridgehead atoms. The Kier molecular flexibility index (Phi) is 4.38. The Balaban J connectivity index is 1.73. The zero-order chi connectivity index (χ0) is 16.1. The van der Waals surface area contributed by atoms with Crippen LogP contribution in [0.5, 0.6) is 5.75 Å². The van der Waals surface area contributed by atoms with Crippen molar-refractivity contribution < 1.29 is 4.74 Å². The third kappa shape index (κ3) is 3.58. The predicted octanol–water partition coefficient (Wildman–Crippen LogP) is 3.17. The number of ether oxygens (including phenoxy) is 1. The number of benzene rings is 2. The molecule has 0 spiro atoms. The van der Waals surface area contributed by atoms with Crippen LogP contribution in [0.3, 0.4) is 0 Å². The highest BCUT2D eigenvalue weighted by Crippen LogP contribution is 2.17. The molecular weight excluding hydrogens is 288 g/mol. The van der Waals surface area contributed by atoms with Crippen LogP contribution in [0.4, 0.5) is 5.69 Å². The number of rotatable bonds is 4. The van der Waals surface area contributed by atoms with Gasteiger partial charge in [0.15, 0.2) is 5.96 Å². The molecule has 0 fully saturated rings. The summed E-state index contributed by atoms with van der Waals surface area (Å²) >= 11 is 0. The minimum atomic E-state index is 0.364. The lowest BCUT2D eigenvalue weighted by atomic mass is 10.1. The fourth-order valence-corrected chi connectivity index (χ4v) is 2.33. The van der Waals surface area contributed by atoms with Crippen LogP contribution >= 0.6 is 0 Å². The maximum atomic E-state index is 5.96. The minimum absolute atomic E-state index is 0.364. The van der Waals surface area contributed by atoms with Crippen molar-refractivity contribution in [3.05, 3.63) is 66.4 Å². The molecule has 0 unspecified atom stereocenters. The smallest absolute Gasteiger partial charge is 0.193 e. The van der Waals surface area contributed by atoms with E-state index >= 15 is 0 Å². The van der Waals surface area contributed by atoms with Crippen molar-refractivity contribution in [1.29, 1.82) is 0 Å². The average Bonchev–Trinajstić information content (AvgIpc) is 2.60. The van der Waals surface area contributed by atoms with Crippen molar-refractivity contribution in [3.63, 3.8) is 0 Å². The van der Waals surface area contributed by atoms with Crippen LogP contribution in [0.25, 0.3) is 10.9 Å². The molecular formula is C18H18N4O. The SMILES string of the molecule is COc1ccc(NC(N)=NCc2cccc3cccnc23)cc1. The number of methoxy groups -OCH3 is 1. The van der Waals surface area contributed by atoms with E-state index in [1.165, 1.54) is 0 Å². The monoisotopic (exact) mass is 306 g/mol. The second kappa shape index (κ2) is 6.79. The van der Waals surface area contributed by atoms with Gasteiger partial charge in [0.25, 0.3) is 0 Å². The number of fused-ring (bicyclic) bond motifs is 1. The van der Waals surface area contributed by atoms with Crippen LogP contribution in [0.15, 0.2) is 65.8 Å². The number of aromatic nitrogens is 1. The fourth-order valence-electron chi connectivity index (χ4n) is 2.33. The van der Waals surface area contributed by atoms with Gasteiger partial charge in [0.2, 0.25) is 0 Å². The van der Waals surface area contributed by atoms with E-state index in [-0.39, 0.29) is 0 Å². The van der Waals surface area contributed by atoms with Gasteiger partial charge in [-0.2, -0.15) is 0 Å². The van der Waals surface area contributed by atoms with Crippen molar-refractivity contribution in [2.75, 3.05) is 12.4 Å². The largest absolute Gasteiger partial charge is 0.497 e. The number of para-hydroxylation sites is 1. The number of anilines is 1. The summed E-state index contributed by atoms with van der Waals surface area (Å²) in [7, 11) is 1.64. The highest BCUT2D eigenvalue weighted by molar-refractivity contribution is 5.92. The number of guanidine groups is 1. The number of nitrogens with one attached hydrogen (secondary N) is 1. The summed E-state index contributed by atoms with van der Waals surface area (Å²) in [6.45, 7) is 0.476. The molecule has 3 aromatic rings. The normalized spacial score (nSPS) is 11.4. The van der Waals surface area contributed by atoms with Gasteiger partial charge >= 0.3 is 0 Å². The molecule has 0 amide bonds. The van der Waals surface area contributed by atoms with Gasteiger partial charge in [0.05, 0.1) is 19.2 Å². The number of pyridine rings is 1. The fraction of sp³-hybridized carbons (Fsp3) is 0.111. The first-order valence-corrected chi connectivity index (χ1v) is 7.30. The molecule has 0 aliphatic heterocycles. The second-order valence-electron chi connectivity index (χ2n) is 5.05. The van der Waals surface area contributed by atoms with Gasteiger partial charge in [-0.05, 0) is 35.9 Å². The van der Waals surface area contributed by atoms with E-state index in [2.05, 4.69) is 15.3 Å². The van der Waals surface area contributed by atoms with Gasteiger partial charge in [0.1, 0.15) is 5.75 Å². The number of nitrogens with two attached hydrogens (primary N) is 1. The first-order valence-electron chi connectivity index (χ1n) is 7.30. The van der Waals surface area contributed by atoms with Crippen LogP contribution in [-0.2, 0) is 6.54 Å². The topological polar surface area (TPSA) is 72.5 Å². The van der Waals surface area contributed by atoms with Crippen molar-refractivity contribution in [2.24, 2.45) is 10.7 Å². The van der Waals surface area contributed by atoms with Gasteiger partial charge in [-0.3, -0.25) is 4.98 Å². The van der Waals surface area contributed by atoms with Crippen molar-refractivity contribution in [1.82, 2.24) is 4.98 Å². The van der Waals surface area contributed by atoms with Gasteiger partial charge < -0.3 is 15.8 Å². The summed E-state index contributed by atoms with van der Waals surface area (Å²) in [4.78, 5) is 8.81. The molecule has 0 aliphatic carbocycles. The lowest BCUT2D eigenvalue weighted by Gasteiger charge is -2.07. The summed E-state index contributed by atoms with van der Waals surface area (Å²) in [5.41, 5.74) is 8.82. The van der Waals surface area contributed by atoms with Crippen LogP contribution in [0, 0.1) is 0 Å². The third-order valence-corrected chi connectivity index (χ3v) is 3.50. The van der Waals surface area contributed by atoms with Crippen LogP contribution in [-0.4, -0.2) is 18.1 Å². The summed E-state index contributed by atoms with van der Waals surface area (Å²) in [5, 5.41) is 4.16. The molecule has 2 aromatic carbocycles. The summed E-state index contributed by atoms with van der Waals surface area (Å²) in [6.07, 6.45) is 1.79. The standard InChI is InChI=1S/C18H18N4O/c1-23-16-9-7-15(8-10-16)22-18(19)21-12-14-5-2-4-13-6-3-11-20-17(13)14/h2-11H,12H2,1H3,(H3,19,21,22). The highest BCUT2D eigenvalue weighted by Gasteiger charge is 2.01. The predicted molar refractivity (Wildman–Crippen MR) is 93.7 cm³/mol. The van der Waals surface area contributed by atoms with E-state index in [0.29, 0.717) is 12.5 Å². The number of nitrogens with zero attached hydrogens (tertiary/aromatic N) is 2. The van der Waals surface area contributed by atoms with E-state index in [1.807, 2.05) is 54.6 Å². The highest BCUT2D eigenvalue weighted by atomic mass is 16.5. The summed E-state index contributed by atoms with van der Waals surface area (Å²) in [5.74, 6) is 1.16. The number of hydrogen-bond donors (Lipinski definition) is 2. The molecule has 0 saturated heterocycles. The lowest BCUT2D eigenvalue weighted by Crippen LogP contribution is -2.22. The van der Waals surface area contributed by atoms with Gasteiger partial charge in [0, 0.05) is 17.3 Å². The molecule has 5 heteroatoms. The molecule has 1 aromatic heterocycles. The van der Waals surface area contributed by atoms with E-state index in [0.717, 1.165) is 27.9 Å². The quantitative estimate of drug-likeness (QED) is 0.573. The lowest BCUT2D eigenvalue weighted by molar-refractivity contribution is 0.415. The average molecular weight is 306 g/mol. The Bertz CT molecular complexity index is 823. The third-order valence-electron chi connectivity index (χ3n) is 3.50. The van der Waals surface area contributed by atoms with Crippen molar-refractivity contribution >= 4 is 22.5 Å². The second-order valence-corrected chi connectivity index (χ2v) is 5.05. The molecule has 0 saturated carbocycles. The Morgan fingerprint density at radius 3 is 2.70 bits per heavy atom. The molecule has 0 atom stereocenters. The van der Waals surface area contributed by atoms with Gasteiger partial charge in [-0.25, -0.2) is 4.99 Å². The molecule has 1 heterocycles. The van der Waals surface area contributed by atoms with E-state index < -0.39 is 0 Å². The van der Waals surface area contributed by atoms with E-state index in [4.69, 9.17) is 10.5 Å².